The smallest absolute Gasteiger partial charge is 0.147 e. The van der Waals surface area contributed by atoms with E-state index in [4.69, 9.17) is 0 Å². The third kappa shape index (κ3) is 2.79. The minimum Gasteiger partial charge on any atom is -0.314 e. The Morgan fingerprint density at radius 3 is 2.83 bits per heavy atom. The molecule has 2 aromatic heterocycles. The van der Waals surface area contributed by atoms with Gasteiger partial charge in [-0.15, -0.1) is 21.5 Å². The first-order chi connectivity index (χ1) is 8.76. The second-order valence-corrected chi connectivity index (χ2v) is 5.24. The zero-order valence-electron chi connectivity index (χ0n) is 11.2. The van der Waals surface area contributed by atoms with Crippen LogP contribution in [0.3, 0.4) is 0 Å². The van der Waals surface area contributed by atoms with E-state index < -0.39 is 0 Å². The van der Waals surface area contributed by atoms with Crippen molar-refractivity contribution in [2.24, 2.45) is 0 Å². The quantitative estimate of drug-likeness (QED) is 0.872. The van der Waals surface area contributed by atoms with E-state index in [-0.39, 0.29) is 0 Å². The first kappa shape index (κ1) is 13.2. The highest BCUT2D eigenvalue weighted by atomic mass is 32.1. The molecule has 0 aliphatic rings. The minimum absolute atomic E-state index is 0.410. The van der Waals surface area contributed by atoms with Gasteiger partial charge in [0.2, 0.25) is 0 Å². The number of hydrogen-bond donors (Lipinski definition) is 1. The summed E-state index contributed by atoms with van der Waals surface area (Å²) in [7, 11) is 0. The van der Waals surface area contributed by atoms with Crippen LogP contribution in [0.15, 0.2) is 17.5 Å². The zero-order valence-corrected chi connectivity index (χ0v) is 12.0. The van der Waals surface area contributed by atoms with Crippen LogP contribution in [0.1, 0.15) is 42.8 Å². The van der Waals surface area contributed by atoms with Crippen LogP contribution in [-0.2, 0) is 13.1 Å². The van der Waals surface area contributed by atoms with Gasteiger partial charge in [0.25, 0.3) is 0 Å². The first-order valence-electron chi connectivity index (χ1n) is 6.41. The topological polar surface area (TPSA) is 42.7 Å². The Morgan fingerprint density at radius 2 is 2.22 bits per heavy atom. The average Bonchev–Trinajstić information content (AvgIpc) is 3.00. The second kappa shape index (κ2) is 6.11. The van der Waals surface area contributed by atoms with Crippen molar-refractivity contribution in [2.45, 2.75) is 46.3 Å². The van der Waals surface area contributed by atoms with Gasteiger partial charge < -0.3 is 9.88 Å². The number of hydrogen-bond acceptors (Lipinski definition) is 4. The van der Waals surface area contributed by atoms with Gasteiger partial charge in [-0.05, 0) is 31.7 Å². The van der Waals surface area contributed by atoms with Gasteiger partial charge in [-0.1, -0.05) is 13.0 Å². The summed E-state index contributed by atoms with van der Waals surface area (Å²) in [4.78, 5) is 1.39. The summed E-state index contributed by atoms with van der Waals surface area (Å²) in [5.41, 5.74) is 0. The maximum Gasteiger partial charge on any atom is 0.147 e. The predicted molar refractivity (Wildman–Crippen MR) is 74.6 cm³/mol. The molecule has 0 amide bonds. The lowest BCUT2D eigenvalue weighted by Crippen LogP contribution is -2.22. The molecule has 0 radical (unpaired) electrons. The Balaban J connectivity index is 2.02. The summed E-state index contributed by atoms with van der Waals surface area (Å²) in [5.74, 6) is 2.00. The van der Waals surface area contributed by atoms with Crippen LogP contribution in [0, 0.1) is 6.92 Å². The fraction of sp³-hybridized carbons (Fsp3) is 0.538. The standard InChI is InChI=1S/C13H20N4S/c1-4-11(12-7-6-8-18-12)14-9-13-16-15-10(3)17(13)5-2/h6-8,11,14H,4-5,9H2,1-3H3. The molecule has 18 heavy (non-hydrogen) atoms. The van der Waals surface area contributed by atoms with Crippen molar-refractivity contribution in [3.8, 4) is 0 Å². The molecule has 2 aromatic rings. The van der Waals surface area contributed by atoms with E-state index in [0.29, 0.717) is 6.04 Å². The maximum absolute atomic E-state index is 4.23. The lowest BCUT2D eigenvalue weighted by atomic mass is 10.2. The van der Waals surface area contributed by atoms with Crippen molar-refractivity contribution in [3.05, 3.63) is 34.0 Å². The Bertz CT molecular complexity index is 475. The molecule has 0 bridgehead atoms. The van der Waals surface area contributed by atoms with Crippen molar-refractivity contribution < 1.29 is 0 Å². The highest BCUT2D eigenvalue weighted by Crippen LogP contribution is 2.21. The van der Waals surface area contributed by atoms with Gasteiger partial charge in [0.15, 0.2) is 0 Å². The lowest BCUT2D eigenvalue weighted by Gasteiger charge is -2.15. The summed E-state index contributed by atoms with van der Waals surface area (Å²) in [5, 5.41) is 14.0. The minimum atomic E-state index is 0.410. The Morgan fingerprint density at radius 1 is 1.39 bits per heavy atom. The van der Waals surface area contributed by atoms with E-state index in [1.54, 1.807) is 11.3 Å². The SMILES string of the molecule is CCC(NCc1nnc(C)n1CC)c1cccs1. The number of nitrogens with one attached hydrogen (secondary N) is 1. The number of aryl methyl sites for hydroxylation is 1. The molecular weight excluding hydrogens is 244 g/mol. The number of thiophene rings is 1. The molecule has 0 saturated heterocycles. The van der Waals surface area contributed by atoms with Crippen molar-refractivity contribution in [1.29, 1.82) is 0 Å². The van der Waals surface area contributed by atoms with Gasteiger partial charge in [-0.25, -0.2) is 0 Å². The van der Waals surface area contributed by atoms with Crippen molar-refractivity contribution in [2.75, 3.05) is 0 Å². The monoisotopic (exact) mass is 264 g/mol. The van der Waals surface area contributed by atoms with E-state index >= 15 is 0 Å². The van der Waals surface area contributed by atoms with Crippen LogP contribution in [0.2, 0.25) is 0 Å². The Hall–Kier alpha value is -1.20. The molecule has 0 aromatic carbocycles. The molecule has 1 unspecified atom stereocenters. The molecule has 1 atom stereocenters. The Labute approximate surface area is 112 Å². The van der Waals surface area contributed by atoms with Gasteiger partial charge in [0.1, 0.15) is 11.6 Å². The van der Waals surface area contributed by atoms with E-state index in [2.05, 4.69) is 51.4 Å². The van der Waals surface area contributed by atoms with Gasteiger partial charge in [-0.3, -0.25) is 0 Å². The van der Waals surface area contributed by atoms with Crippen LogP contribution in [0.4, 0.5) is 0 Å². The molecule has 0 fully saturated rings. The van der Waals surface area contributed by atoms with Crippen LogP contribution >= 0.6 is 11.3 Å². The highest BCUT2D eigenvalue weighted by Gasteiger charge is 2.12. The summed E-state index contributed by atoms with van der Waals surface area (Å²) in [6.45, 7) is 8.01. The summed E-state index contributed by atoms with van der Waals surface area (Å²) >= 11 is 1.80. The molecule has 0 aliphatic heterocycles. The molecule has 4 nitrogen and oxygen atoms in total. The summed E-state index contributed by atoms with van der Waals surface area (Å²) < 4.78 is 2.15. The largest absolute Gasteiger partial charge is 0.314 e. The van der Waals surface area contributed by atoms with E-state index in [1.165, 1.54) is 4.88 Å². The van der Waals surface area contributed by atoms with E-state index in [1.807, 2.05) is 6.92 Å². The van der Waals surface area contributed by atoms with E-state index in [0.717, 1.165) is 31.2 Å². The second-order valence-electron chi connectivity index (χ2n) is 4.26. The molecule has 2 heterocycles. The molecule has 5 heteroatoms. The highest BCUT2D eigenvalue weighted by molar-refractivity contribution is 7.10. The number of nitrogens with zero attached hydrogens (tertiary/aromatic N) is 3. The van der Waals surface area contributed by atoms with Crippen LogP contribution in [0.25, 0.3) is 0 Å². The molecule has 0 saturated carbocycles. The number of rotatable bonds is 6. The summed E-state index contributed by atoms with van der Waals surface area (Å²) in [6, 6.07) is 4.69. The average molecular weight is 264 g/mol. The first-order valence-corrected chi connectivity index (χ1v) is 7.29. The fourth-order valence-corrected chi connectivity index (χ4v) is 3.00. The lowest BCUT2D eigenvalue weighted by molar-refractivity contribution is 0.502. The summed E-state index contributed by atoms with van der Waals surface area (Å²) in [6.07, 6.45) is 1.08. The van der Waals surface area contributed by atoms with Crippen LogP contribution in [0.5, 0.6) is 0 Å². The Kier molecular flexibility index (Phi) is 4.49. The molecule has 98 valence electrons. The van der Waals surface area contributed by atoms with Crippen molar-refractivity contribution in [1.82, 2.24) is 20.1 Å². The normalized spacial score (nSPS) is 12.8. The molecule has 1 N–H and O–H groups in total. The van der Waals surface area contributed by atoms with Crippen LogP contribution in [-0.4, -0.2) is 14.8 Å². The van der Waals surface area contributed by atoms with Crippen LogP contribution < -0.4 is 5.32 Å². The van der Waals surface area contributed by atoms with Gasteiger partial charge in [0.05, 0.1) is 6.54 Å². The van der Waals surface area contributed by atoms with E-state index in [9.17, 15) is 0 Å². The molecule has 0 aliphatic carbocycles. The van der Waals surface area contributed by atoms with Crippen molar-refractivity contribution >= 4 is 11.3 Å². The molecular formula is C13H20N4S. The molecule has 0 spiro atoms. The zero-order chi connectivity index (χ0) is 13.0. The van der Waals surface area contributed by atoms with Crippen molar-refractivity contribution in [3.63, 3.8) is 0 Å². The maximum atomic E-state index is 4.23. The number of aromatic nitrogens is 3. The molecule has 2 rings (SSSR count). The third-order valence-electron chi connectivity index (χ3n) is 3.13. The van der Waals surface area contributed by atoms with Gasteiger partial charge in [-0.2, -0.15) is 0 Å². The van der Waals surface area contributed by atoms with Gasteiger partial charge >= 0.3 is 0 Å². The predicted octanol–water partition coefficient (Wildman–Crippen LogP) is 2.91. The fourth-order valence-electron chi connectivity index (χ4n) is 2.12. The third-order valence-corrected chi connectivity index (χ3v) is 4.12. The van der Waals surface area contributed by atoms with Gasteiger partial charge in [0, 0.05) is 17.5 Å².